The number of rotatable bonds is 7. The van der Waals surface area contributed by atoms with Crippen molar-refractivity contribution in [1.82, 2.24) is 4.98 Å². The Bertz CT molecular complexity index is 656. The number of carbonyl (C=O) groups is 1. The molecule has 2 aromatic rings. The smallest absolute Gasteiger partial charge is 0.341 e. The molecule has 0 amide bonds. The average molecular weight is 302 g/mol. The number of benzene rings is 1. The lowest BCUT2D eigenvalue weighted by molar-refractivity contribution is 0.0527. The molecule has 0 bridgehead atoms. The second-order valence-corrected chi connectivity index (χ2v) is 4.90. The summed E-state index contributed by atoms with van der Waals surface area (Å²) in [6, 6.07) is 5.68. The molecular weight excluding hydrogens is 280 g/mol. The number of pyridine rings is 1. The highest BCUT2D eigenvalue weighted by Crippen LogP contribution is 2.31. The van der Waals surface area contributed by atoms with Crippen molar-refractivity contribution in [2.45, 2.75) is 26.7 Å². The number of carbonyl (C=O) groups excluding carboxylic acids is 1. The molecule has 1 aromatic heterocycles. The number of nitrogens with one attached hydrogen (secondary N) is 1. The quantitative estimate of drug-likeness (QED) is 0.625. The number of esters is 1. The maximum absolute atomic E-state index is 12.2. The second-order valence-electron chi connectivity index (χ2n) is 4.90. The molecule has 5 heteroatoms. The molecule has 0 spiro atoms. The van der Waals surface area contributed by atoms with Gasteiger partial charge in [-0.1, -0.05) is 25.5 Å². The summed E-state index contributed by atoms with van der Waals surface area (Å²) in [6.07, 6.45) is 3.65. The van der Waals surface area contributed by atoms with Gasteiger partial charge in [0.2, 0.25) is 0 Å². The third kappa shape index (κ3) is 3.30. The molecule has 0 unspecified atom stereocenters. The molecule has 0 aliphatic carbocycles. The monoisotopic (exact) mass is 302 g/mol. The van der Waals surface area contributed by atoms with Crippen LogP contribution >= 0.6 is 0 Å². The van der Waals surface area contributed by atoms with E-state index in [1.54, 1.807) is 20.2 Å². The fourth-order valence-electron chi connectivity index (χ4n) is 2.30. The molecule has 0 radical (unpaired) electrons. The van der Waals surface area contributed by atoms with E-state index < -0.39 is 0 Å². The van der Waals surface area contributed by atoms with Crippen molar-refractivity contribution >= 4 is 22.6 Å². The molecule has 1 aromatic carbocycles. The van der Waals surface area contributed by atoms with Crippen LogP contribution in [0.5, 0.6) is 5.75 Å². The van der Waals surface area contributed by atoms with E-state index in [0.717, 1.165) is 36.0 Å². The summed E-state index contributed by atoms with van der Waals surface area (Å²) >= 11 is 0. The van der Waals surface area contributed by atoms with Gasteiger partial charge in [-0.2, -0.15) is 0 Å². The van der Waals surface area contributed by atoms with Crippen LogP contribution in [0.25, 0.3) is 10.9 Å². The van der Waals surface area contributed by atoms with Crippen molar-refractivity contribution in [3.8, 4) is 5.75 Å². The Morgan fingerprint density at radius 1 is 1.32 bits per heavy atom. The minimum atomic E-state index is -0.362. The van der Waals surface area contributed by atoms with Crippen LogP contribution in [0.4, 0.5) is 5.69 Å². The molecule has 118 valence electrons. The molecule has 0 saturated heterocycles. The van der Waals surface area contributed by atoms with E-state index in [4.69, 9.17) is 9.47 Å². The van der Waals surface area contributed by atoms with Crippen molar-refractivity contribution < 1.29 is 14.3 Å². The molecule has 5 nitrogen and oxygen atoms in total. The lowest BCUT2D eigenvalue weighted by Crippen LogP contribution is -2.12. The SMILES string of the molecule is CCCCNc1c(C(=O)OCC)cnc2c(OC)cccc12. The van der Waals surface area contributed by atoms with Crippen molar-refractivity contribution in [2.75, 3.05) is 25.6 Å². The van der Waals surface area contributed by atoms with E-state index >= 15 is 0 Å². The summed E-state index contributed by atoms with van der Waals surface area (Å²) in [7, 11) is 1.61. The molecule has 0 fully saturated rings. The standard InChI is InChI=1S/C17H22N2O3/c1-4-6-10-18-15-12-8-7-9-14(21-3)16(12)19-11-13(15)17(20)22-5-2/h7-9,11H,4-6,10H2,1-3H3,(H,18,19). The van der Waals surface area contributed by atoms with Crippen molar-refractivity contribution in [3.05, 3.63) is 30.0 Å². The van der Waals surface area contributed by atoms with Crippen molar-refractivity contribution in [3.63, 3.8) is 0 Å². The number of fused-ring (bicyclic) bond motifs is 1. The Hall–Kier alpha value is -2.30. The van der Waals surface area contributed by atoms with Gasteiger partial charge < -0.3 is 14.8 Å². The van der Waals surface area contributed by atoms with Gasteiger partial charge in [0.15, 0.2) is 0 Å². The number of unbranched alkanes of at least 4 members (excludes halogenated alkanes) is 1. The van der Waals surface area contributed by atoms with Crippen LogP contribution in [0, 0.1) is 0 Å². The number of para-hydroxylation sites is 1. The number of methoxy groups -OCH3 is 1. The van der Waals surface area contributed by atoms with Crippen LogP contribution < -0.4 is 10.1 Å². The van der Waals surface area contributed by atoms with Gasteiger partial charge in [-0.05, 0) is 19.4 Å². The molecule has 0 saturated carbocycles. The van der Waals surface area contributed by atoms with Crippen LogP contribution in [0.1, 0.15) is 37.0 Å². The highest BCUT2D eigenvalue weighted by Gasteiger charge is 2.17. The topological polar surface area (TPSA) is 60.5 Å². The van der Waals surface area contributed by atoms with Gasteiger partial charge in [0.05, 0.1) is 19.4 Å². The minimum absolute atomic E-state index is 0.337. The van der Waals surface area contributed by atoms with Gasteiger partial charge in [-0.25, -0.2) is 4.79 Å². The fraction of sp³-hybridized carbons (Fsp3) is 0.412. The highest BCUT2D eigenvalue weighted by atomic mass is 16.5. The average Bonchev–Trinajstić information content (AvgIpc) is 2.54. The van der Waals surface area contributed by atoms with Gasteiger partial charge in [-0.3, -0.25) is 4.98 Å². The molecule has 2 rings (SSSR count). The number of hydrogen-bond donors (Lipinski definition) is 1. The Morgan fingerprint density at radius 3 is 2.82 bits per heavy atom. The number of ether oxygens (including phenoxy) is 2. The van der Waals surface area contributed by atoms with Gasteiger partial charge >= 0.3 is 5.97 Å². The molecule has 22 heavy (non-hydrogen) atoms. The summed E-state index contributed by atoms with van der Waals surface area (Å²) < 4.78 is 10.5. The fourth-order valence-corrected chi connectivity index (χ4v) is 2.30. The first-order valence-corrected chi connectivity index (χ1v) is 7.59. The van der Waals surface area contributed by atoms with E-state index in [9.17, 15) is 4.79 Å². The zero-order valence-corrected chi connectivity index (χ0v) is 13.3. The van der Waals surface area contributed by atoms with E-state index in [2.05, 4.69) is 17.2 Å². The normalized spacial score (nSPS) is 10.5. The molecule has 1 heterocycles. The largest absolute Gasteiger partial charge is 0.494 e. The zero-order chi connectivity index (χ0) is 15.9. The first-order chi connectivity index (χ1) is 10.7. The third-order valence-corrected chi connectivity index (χ3v) is 3.41. The number of hydrogen-bond acceptors (Lipinski definition) is 5. The first-order valence-electron chi connectivity index (χ1n) is 7.59. The molecular formula is C17H22N2O3. The van der Waals surface area contributed by atoms with E-state index in [1.807, 2.05) is 18.2 Å². The summed E-state index contributed by atoms with van der Waals surface area (Å²) in [5.74, 6) is 0.324. The van der Waals surface area contributed by atoms with E-state index in [1.165, 1.54) is 0 Å². The lowest BCUT2D eigenvalue weighted by Gasteiger charge is -2.15. The Balaban J connectivity index is 2.54. The van der Waals surface area contributed by atoms with Crippen LogP contribution in [0.15, 0.2) is 24.4 Å². The Morgan fingerprint density at radius 2 is 2.14 bits per heavy atom. The predicted molar refractivity (Wildman–Crippen MR) is 87.6 cm³/mol. The van der Waals surface area contributed by atoms with Crippen LogP contribution in [-0.2, 0) is 4.74 Å². The molecule has 0 aliphatic rings. The maximum Gasteiger partial charge on any atom is 0.341 e. The van der Waals surface area contributed by atoms with E-state index in [-0.39, 0.29) is 5.97 Å². The first kappa shape index (κ1) is 16.1. The Kier molecular flexibility index (Phi) is 5.58. The maximum atomic E-state index is 12.2. The molecule has 0 aliphatic heterocycles. The van der Waals surface area contributed by atoms with Gasteiger partial charge in [0.1, 0.15) is 16.8 Å². The summed E-state index contributed by atoms with van der Waals surface area (Å²) in [5.41, 5.74) is 1.95. The van der Waals surface area contributed by atoms with Gasteiger partial charge in [0.25, 0.3) is 0 Å². The number of aromatic nitrogens is 1. The summed E-state index contributed by atoms with van der Waals surface area (Å²) in [5, 5.41) is 4.21. The second kappa shape index (κ2) is 7.64. The molecule has 1 N–H and O–H groups in total. The summed E-state index contributed by atoms with van der Waals surface area (Å²) in [4.78, 5) is 16.5. The van der Waals surface area contributed by atoms with Gasteiger partial charge in [-0.15, -0.1) is 0 Å². The Labute approximate surface area is 130 Å². The third-order valence-electron chi connectivity index (χ3n) is 3.41. The number of anilines is 1. The van der Waals surface area contributed by atoms with Crippen LogP contribution in [-0.4, -0.2) is 31.2 Å². The van der Waals surface area contributed by atoms with E-state index in [0.29, 0.717) is 17.9 Å². The van der Waals surface area contributed by atoms with Crippen LogP contribution in [0.3, 0.4) is 0 Å². The lowest BCUT2D eigenvalue weighted by atomic mass is 10.1. The van der Waals surface area contributed by atoms with Crippen molar-refractivity contribution in [2.24, 2.45) is 0 Å². The van der Waals surface area contributed by atoms with Gasteiger partial charge in [0, 0.05) is 18.1 Å². The zero-order valence-electron chi connectivity index (χ0n) is 13.3. The highest BCUT2D eigenvalue weighted by molar-refractivity contribution is 6.06. The minimum Gasteiger partial charge on any atom is -0.494 e. The molecule has 0 atom stereocenters. The van der Waals surface area contributed by atoms with Crippen LogP contribution in [0.2, 0.25) is 0 Å². The predicted octanol–water partition coefficient (Wildman–Crippen LogP) is 3.63. The van der Waals surface area contributed by atoms with Crippen molar-refractivity contribution in [1.29, 1.82) is 0 Å². The summed E-state index contributed by atoms with van der Waals surface area (Å²) in [6.45, 7) is 5.05. The number of nitrogens with zero attached hydrogens (tertiary/aromatic N) is 1.